The normalized spacial score (nSPS) is 17.2. The topological polar surface area (TPSA) is 71.5 Å². The molecular weight excluding hydrogens is 326 g/mol. The minimum atomic E-state index is -0.392. The number of hydrogen-bond acceptors (Lipinski definition) is 5. The van der Waals surface area contributed by atoms with Crippen LogP contribution < -0.4 is 15.0 Å². The maximum atomic E-state index is 12.4. The molecule has 1 aliphatic rings. The number of nitrogens with one attached hydrogen (secondary N) is 1. The van der Waals surface area contributed by atoms with E-state index in [4.69, 9.17) is 4.74 Å². The van der Waals surface area contributed by atoms with E-state index >= 15 is 0 Å². The lowest BCUT2D eigenvalue weighted by atomic mass is 10.1. The third kappa shape index (κ3) is 3.41. The molecule has 2 aromatic rings. The first kappa shape index (κ1) is 16.4. The van der Waals surface area contributed by atoms with Crippen LogP contribution in [-0.2, 0) is 9.59 Å². The molecule has 24 heavy (non-hydrogen) atoms. The van der Waals surface area contributed by atoms with Crippen molar-refractivity contribution in [2.75, 3.05) is 23.4 Å². The van der Waals surface area contributed by atoms with Gasteiger partial charge in [-0.3, -0.25) is 9.59 Å². The largest absolute Gasteiger partial charge is 0.492 e. The zero-order chi connectivity index (χ0) is 17.1. The Morgan fingerprint density at radius 3 is 2.96 bits per heavy atom. The number of amides is 2. The number of hydrogen-bond donors (Lipinski definition) is 1. The lowest BCUT2D eigenvalue weighted by molar-refractivity contribution is -0.122. The molecule has 2 amide bonds. The summed E-state index contributed by atoms with van der Waals surface area (Å²) in [4.78, 5) is 31.6. The van der Waals surface area contributed by atoms with Gasteiger partial charge in [0.2, 0.25) is 11.8 Å². The molecular formula is C17H19N3O3S. The van der Waals surface area contributed by atoms with E-state index in [2.05, 4.69) is 10.3 Å². The van der Waals surface area contributed by atoms with Crippen LogP contribution in [0.4, 0.5) is 10.8 Å². The lowest BCUT2D eigenvalue weighted by Crippen LogP contribution is -2.28. The zero-order valence-electron chi connectivity index (χ0n) is 13.6. The average Bonchev–Trinajstić information content (AvgIpc) is 3.14. The fourth-order valence-electron chi connectivity index (χ4n) is 2.69. The number of thiazole rings is 1. The maximum Gasteiger partial charge on any atom is 0.231 e. The first-order valence-electron chi connectivity index (χ1n) is 7.84. The highest BCUT2D eigenvalue weighted by atomic mass is 32.1. The smallest absolute Gasteiger partial charge is 0.231 e. The number of carbonyl (C=O) groups is 2. The van der Waals surface area contributed by atoms with Gasteiger partial charge < -0.3 is 15.0 Å². The monoisotopic (exact) mass is 345 g/mol. The molecule has 0 spiro atoms. The molecule has 6 nitrogen and oxygen atoms in total. The van der Waals surface area contributed by atoms with Crippen LogP contribution in [0.15, 0.2) is 30.5 Å². The van der Waals surface area contributed by atoms with Gasteiger partial charge in [-0.25, -0.2) is 4.98 Å². The van der Waals surface area contributed by atoms with Crippen molar-refractivity contribution < 1.29 is 14.3 Å². The van der Waals surface area contributed by atoms with Gasteiger partial charge in [-0.05, 0) is 26.0 Å². The van der Waals surface area contributed by atoms with Gasteiger partial charge in [-0.2, -0.15) is 0 Å². The minimum Gasteiger partial charge on any atom is -0.492 e. The van der Waals surface area contributed by atoms with Crippen LogP contribution in [0.3, 0.4) is 0 Å². The quantitative estimate of drug-likeness (QED) is 0.904. The summed E-state index contributed by atoms with van der Waals surface area (Å²) in [5.41, 5.74) is 0.713. The average molecular weight is 345 g/mol. The van der Waals surface area contributed by atoms with Crippen LogP contribution in [0.5, 0.6) is 5.75 Å². The molecule has 2 heterocycles. The Morgan fingerprint density at radius 2 is 2.25 bits per heavy atom. The Labute approximate surface area is 144 Å². The third-order valence-corrected chi connectivity index (χ3v) is 4.63. The van der Waals surface area contributed by atoms with Crippen molar-refractivity contribution in [3.63, 3.8) is 0 Å². The van der Waals surface area contributed by atoms with E-state index in [0.717, 1.165) is 4.88 Å². The van der Waals surface area contributed by atoms with Gasteiger partial charge in [0.05, 0.1) is 18.2 Å². The highest BCUT2D eigenvalue weighted by Crippen LogP contribution is 2.33. The van der Waals surface area contributed by atoms with Crippen molar-refractivity contribution in [2.45, 2.75) is 20.3 Å². The summed E-state index contributed by atoms with van der Waals surface area (Å²) in [6.07, 6.45) is 1.90. The van der Waals surface area contributed by atoms with Crippen LogP contribution in [0, 0.1) is 12.8 Å². The number of benzene rings is 1. The number of aryl methyl sites for hydroxylation is 1. The van der Waals surface area contributed by atoms with Crippen molar-refractivity contribution in [3.8, 4) is 5.75 Å². The number of ether oxygens (including phenoxy) is 1. The fraction of sp³-hybridized carbons (Fsp3) is 0.353. The molecule has 0 aliphatic carbocycles. The Balaban J connectivity index is 1.73. The van der Waals surface area contributed by atoms with E-state index in [1.807, 2.05) is 38.1 Å². The molecule has 3 rings (SSSR count). The Hall–Kier alpha value is -2.41. The molecule has 1 atom stereocenters. The molecule has 1 N–H and O–H groups in total. The number of rotatable bonds is 5. The van der Waals surface area contributed by atoms with Gasteiger partial charge >= 0.3 is 0 Å². The first-order chi connectivity index (χ1) is 11.6. The second-order valence-corrected chi connectivity index (χ2v) is 6.81. The van der Waals surface area contributed by atoms with Gasteiger partial charge in [0.25, 0.3) is 0 Å². The number of para-hydroxylation sites is 2. The van der Waals surface area contributed by atoms with E-state index in [1.165, 1.54) is 11.3 Å². The van der Waals surface area contributed by atoms with Crippen LogP contribution >= 0.6 is 11.3 Å². The van der Waals surface area contributed by atoms with Crippen molar-refractivity contribution >= 4 is 34.0 Å². The van der Waals surface area contributed by atoms with Gasteiger partial charge in [-0.15, -0.1) is 11.3 Å². The second-order valence-electron chi connectivity index (χ2n) is 5.57. The Kier molecular flexibility index (Phi) is 4.80. The lowest BCUT2D eigenvalue weighted by Gasteiger charge is -2.20. The predicted molar refractivity (Wildman–Crippen MR) is 93.6 cm³/mol. The van der Waals surface area contributed by atoms with Gasteiger partial charge in [0.1, 0.15) is 5.75 Å². The Morgan fingerprint density at radius 1 is 1.46 bits per heavy atom. The number of anilines is 2. The van der Waals surface area contributed by atoms with E-state index < -0.39 is 5.92 Å². The van der Waals surface area contributed by atoms with Gasteiger partial charge in [0, 0.05) is 24.0 Å². The molecule has 0 bridgehead atoms. The highest BCUT2D eigenvalue weighted by molar-refractivity contribution is 7.15. The summed E-state index contributed by atoms with van der Waals surface area (Å²) in [5.74, 6) is 0.0214. The van der Waals surface area contributed by atoms with Crippen LogP contribution in [0.25, 0.3) is 0 Å². The summed E-state index contributed by atoms with van der Waals surface area (Å²) >= 11 is 1.42. The van der Waals surface area contributed by atoms with Crippen molar-refractivity contribution in [1.82, 2.24) is 4.98 Å². The minimum absolute atomic E-state index is 0.0716. The van der Waals surface area contributed by atoms with E-state index in [9.17, 15) is 9.59 Å². The molecule has 7 heteroatoms. The second kappa shape index (κ2) is 7.00. The standard InChI is InChI=1S/C17H19N3O3S/c1-3-23-14-7-5-4-6-13(14)20-10-12(8-15(20)21)16(22)19-17-18-9-11(2)24-17/h4-7,9,12H,3,8,10H2,1-2H3,(H,18,19,22). The third-order valence-electron chi connectivity index (χ3n) is 3.80. The van der Waals surface area contributed by atoms with Crippen molar-refractivity contribution in [2.24, 2.45) is 5.92 Å². The molecule has 0 saturated carbocycles. The summed E-state index contributed by atoms with van der Waals surface area (Å²) in [6.45, 7) is 4.69. The summed E-state index contributed by atoms with van der Waals surface area (Å²) < 4.78 is 5.59. The summed E-state index contributed by atoms with van der Waals surface area (Å²) in [6, 6.07) is 7.39. The number of aromatic nitrogens is 1. The van der Waals surface area contributed by atoms with Gasteiger partial charge in [-0.1, -0.05) is 12.1 Å². The molecule has 126 valence electrons. The van der Waals surface area contributed by atoms with Gasteiger partial charge in [0.15, 0.2) is 5.13 Å². The molecule has 1 aliphatic heterocycles. The molecule has 0 radical (unpaired) electrons. The van der Waals surface area contributed by atoms with Crippen molar-refractivity contribution in [3.05, 3.63) is 35.3 Å². The first-order valence-corrected chi connectivity index (χ1v) is 8.65. The number of nitrogens with zero attached hydrogens (tertiary/aromatic N) is 2. The predicted octanol–water partition coefficient (Wildman–Crippen LogP) is 2.84. The zero-order valence-corrected chi connectivity index (χ0v) is 14.4. The van der Waals surface area contributed by atoms with Crippen LogP contribution in [0.2, 0.25) is 0 Å². The van der Waals surface area contributed by atoms with Crippen LogP contribution in [-0.4, -0.2) is 29.9 Å². The summed E-state index contributed by atoms with van der Waals surface area (Å²) in [5, 5.41) is 3.36. The Bertz CT molecular complexity index is 759. The molecule has 1 fully saturated rings. The van der Waals surface area contributed by atoms with Crippen LogP contribution in [0.1, 0.15) is 18.2 Å². The fourth-order valence-corrected chi connectivity index (χ4v) is 3.36. The SMILES string of the molecule is CCOc1ccccc1N1CC(C(=O)Nc2ncc(C)s2)CC1=O. The highest BCUT2D eigenvalue weighted by Gasteiger charge is 2.36. The molecule has 1 aromatic carbocycles. The molecule has 1 saturated heterocycles. The molecule has 1 unspecified atom stereocenters. The van der Waals surface area contributed by atoms with E-state index in [0.29, 0.717) is 29.7 Å². The summed E-state index contributed by atoms with van der Waals surface area (Å²) in [7, 11) is 0. The van der Waals surface area contributed by atoms with Crippen molar-refractivity contribution in [1.29, 1.82) is 0 Å². The van der Waals surface area contributed by atoms with E-state index in [1.54, 1.807) is 11.1 Å². The van der Waals surface area contributed by atoms with E-state index in [-0.39, 0.29) is 18.2 Å². The number of carbonyl (C=O) groups excluding carboxylic acids is 2. The molecule has 1 aromatic heterocycles. The maximum absolute atomic E-state index is 12.4.